The van der Waals surface area contributed by atoms with Gasteiger partial charge in [0.25, 0.3) is 0 Å². The van der Waals surface area contributed by atoms with E-state index in [0.717, 1.165) is 50.1 Å². The lowest BCUT2D eigenvalue weighted by molar-refractivity contribution is 0.395. The quantitative estimate of drug-likeness (QED) is 0.548. The fraction of sp³-hybridized carbons (Fsp3) is 0.647. The van der Waals surface area contributed by atoms with Crippen molar-refractivity contribution in [2.45, 2.75) is 36.8 Å². The van der Waals surface area contributed by atoms with Crippen LogP contribution in [-0.2, 0) is 15.6 Å². The van der Waals surface area contributed by atoms with E-state index in [2.05, 4.69) is 34.5 Å². The summed E-state index contributed by atoms with van der Waals surface area (Å²) in [6.07, 6.45) is 3.77. The molecule has 1 saturated heterocycles. The first-order chi connectivity index (χ1) is 11.5. The lowest BCUT2D eigenvalue weighted by atomic mass is 10.2. The van der Waals surface area contributed by atoms with E-state index in [1.165, 1.54) is 0 Å². The summed E-state index contributed by atoms with van der Waals surface area (Å²) < 4.78 is 24.6. The summed E-state index contributed by atoms with van der Waals surface area (Å²) in [7, 11) is 0.994. The molecule has 0 saturated carbocycles. The van der Waals surface area contributed by atoms with Gasteiger partial charge in [-0.3, -0.25) is 0 Å². The van der Waals surface area contributed by atoms with Crippen molar-refractivity contribution >= 4 is 15.5 Å². The maximum Gasteiger partial charge on any atom is 0.170 e. The Labute approximate surface area is 145 Å². The minimum atomic E-state index is -3.13. The lowest BCUT2D eigenvalue weighted by Crippen LogP contribution is -2.31. The lowest BCUT2D eigenvalue weighted by Gasteiger charge is -2.11. The number of hydrogen-bond acceptors (Lipinski definition) is 6. The Morgan fingerprint density at radius 1 is 1.21 bits per heavy atom. The minimum Gasteiger partial charge on any atom is -0.309 e. The van der Waals surface area contributed by atoms with Crippen molar-refractivity contribution in [1.82, 2.24) is 10.2 Å². The molecular weight excluding hydrogens is 324 g/mol. The van der Waals surface area contributed by atoms with Gasteiger partial charge in [-0.25, -0.2) is 8.42 Å². The van der Waals surface area contributed by atoms with Gasteiger partial charge in [-0.15, -0.1) is 0 Å². The number of hydrogen-bond donors (Lipinski definition) is 1. The number of rotatable bonds is 9. The van der Waals surface area contributed by atoms with E-state index in [4.69, 9.17) is 0 Å². The van der Waals surface area contributed by atoms with Crippen LogP contribution in [0, 0.1) is 0 Å². The molecule has 1 unspecified atom stereocenters. The second kappa shape index (κ2) is 9.25. The smallest absolute Gasteiger partial charge is 0.170 e. The van der Waals surface area contributed by atoms with Crippen molar-refractivity contribution in [1.29, 1.82) is 0 Å². The van der Waals surface area contributed by atoms with E-state index < -0.39 is 9.84 Å². The predicted molar refractivity (Wildman–Crippen MR) is 97.3 cm³/mol. The summed E-state index contributed by atoms with van der Waals surface area (Å²) in [4.78, 5) is 2.16. The third kappa shape index (κ3) is 6.30. The highest BCUT2D eigenvalue weighted by Crippen LogP contribution is 2.19. The molecule has 1 aromatic carbocycles. The first-order valence-electron chi connectivity index (χ1n) is 8.53. The average Bonchev–Trinajstić information content (AvgIpc) is 3.07. The fourth-order valence-electron chi connectivity index (χ4n) is 2.69. The molecule has 0 spiro atoms. The SMILES string of the molecule is CN(C)CCCCN=Nc1ccc(CS(=O)(=O)C2CCCN2)cc1. The van der Waals surface area contributed by atoms with Crippen LogP contribution in [0.4, 0.5) is 5.69 Å². The molecule has 24 heavy (non-hydrogen) atoms. The molecule has 0 aromatic heterocycles. The van der Waals surface area contributed by atoms with E-state index in [1.54, 1.807) is 0 Å². The van der Waals surface area contributed by atoms with E-state index in [-0.39, 0.29) is 11.1 Å². The first-order valence-corrected chi connectivity index (χ1v) is 10.2. The number of unbranched alkanes of at least 4 members (excludes halogenated alkanes) is 1. The number of benzene rings is 1. The van der Waals surface area contributed by atoms with Crippen LogP contribution in [-0.4, -0.2) is 52.4 Å². The monoisotopic (exact) mass is 352 g/mol. The molecule has 7 heteroatoms. The van der Waals surface area contributed by atoms with Gasteiger partial charge in [0.05, 0.1) is 18.0 Å². The Hall–Kier alpha value is -1.31. The maximum atomic E-state index is 12.3. The standard InChI is InChI=1S/C17H28N4O2S/c1-21(2)13-4-3-12-19-20-16-9-7-15(8-10-16)14-24(22,23)17-6-5-11-18-17/h7-10,17-18H,3-6,11-14H2,1-2H3. The van der Waals surface area contributed by atoms with Crippen molar-refractivity contribution in [3.63, 3.8) is 0 Å². The van der Waals surface area contributed by atoms with E-state index in [9.17, 15) is 8.42 Å². The molecule has 1 aliphatic heterocycles. The van der Waals surface area contributed by atoms with Crippen LogP contribution in [0.15, 0.2) is 34.5 Å². The molecule has 0 amide bonds. The summed E-state index contributed by atoms with van der Waals surface area (Å²) in [6, 6.07) is 7.31. The molecule has 0 radical (unpaired) electrons. The van der Waals surface area contributed by atoms with E-state index >= 15 is 0 Å². The molecule has 1 N–H and O–H groups in total. The average molecular weight is 353 g/mol. The van der Waals surface area contributed by atoms with Crippen molar-refractivity contribution in [2.24, 2.45) is 10.2 Å². The molecule has 0 aliphatic carbocycles. The molecule has 134 valence electrons. The van der Waals surface area contributed by atoms with Gasteiger partial charge >= 0.3 is 0 Å². The van der Waals surface area contributed by atoms with Gasteiger partial charge in [0.15, 0.2) is 9.84 Å². The van der Waals surface area contributed by atoms with Gasteiger partial charge in [0, 0.05) is 0 Å². The van der Waals surface area contributed by atoms with E-state index in [0.29, 0.717) is 6.42 Å². The first kappa shape index (κ1) is 19.0. The third-order valence-electron chi connectivity index (χ3n) is 4.05. The maximum absolute atomic E-state index is 12.3. The van der Waals surface area contributed by atoms with Crippen LogP contribution in [0.25, 0.3) is 0 Å². The summed E-state index contributed by atoms with van der Waals surface area (Å²) in [5, 5.41) is 11.0. The van der Waals surface area contributed by atoms with E-state index in [1.807, 2.05) is 24.3 Å². The highest BCUT2D eigenvalue weighted by Gasteiger charge is 2.28. The van der Waals surface area contributed by atoms with Crippen LogP contribution in [0.2, 0.25) is 0 Å². The second-order valence-electron chi connectivity index (χ2n) is 6.53. The van der Waals surface area contributed by atoms with Crippen molar-refractivity contribution in [3.05, 3.63) is 29.8 Å². The van der Waals surface area contributed by atoms with Crippen LogP contribution in [0.3, 0.4) is 0 Å². The van der Waals surface area contributed by atoms with Gasteiger partial charge in [-0.1, -0.05) is 12.1 Å². The summed E-state index contributed by atoms with van der Waals surface area (Å²) in [5.74, 6) is 0.0760. The summed E-state index contributed by atoms with van der Waals surface area (Å²) >= 11 is 0. The fourth-order valence-corrected chi connectivity index (χ4v) is 4.45. The molecule has 1 atom stereocenters. The Balaban J connectivity index is 1.80. The number of sulfone groups is 1. The predicted octanol–water partition coefficient (Wildman–Crippen LogP) is 2.74. The molecule has 0 bridgehead atoms. The topological polar surface area (TPSA) is 74.1 Å². The Bertz CT molecular complexity index is 620. The highest BCUT2D eigenvalue weighted by atomic mass is 32.2. The van der Waals surface area contributed by atoms with Gasteiger partial charge < -0.3 is 10.2 Å². The molecule has 1 heterocycles. The van der Waals surface area contributed by atoms with Gasteiger partial charge in [-0.2, -0.15) is 10.2 Å². The minimum absolute atomic E-state index is 0.0760. The van der Waals surface area contributed by atoms with Crippen LogP contribution in [0.5, 0.6) is 0 Å². The van der Waals surface area contributed by atoms with Gasteiger partial charge in [-0.05, 0) is 70.6 Å². The summed E-state index contributed by atoms with van der Waals surface area (Å²) in [6.45, 7) is 2.57. The normalized spacial score (nSPS) is 18.7. The molecule has 1 aliphatic rings. The number of azo groups is 1. The van der Waals surface area contributed by atoms with Gasteiger partial charge in [0.1, 0.15) is 5.37 Å². The zero-order chi connectivity index (χ0) is 17.4. The molecule has 2 rings (SSSR count). The Kier molecular flexibility index (Phi) is 7.33. The Morgan fingerprint density at radius 2 is 1.96 bits per heavy atom. The highest BCUT2D eigenvalue weighted by molar-refractivity contribution is 7.91. The molecule has 6 nitrogen and oxygen atoms in total. The third-order valence-corrected chi connectivity index (χ3v) is 6.06. The zero-order valence-corrected chi connectivity index (χ0v) is 15.4. The summed E-state index contributed by atoms with van der Waals surface area (Å²) in [5.41, 5.74) is 1.57. The van der Waals surface area contributed by atoms with Crippen molar-refractivity contribution < 1.29 is 8.42 Å². The van der Waals surface area contributed by atoms with Crippen molar-refractivity contribution in [3.8, 4) is 0 Å². The molecular formula is C17H28N4O2S. The van der Waals surface area contributed by atoms with Crippen LogP contribution < -0.4 is 5.32 Å². The number of nitrogens with zero attached hydrogens (tertiary/aromatic N) is 3. The van der Waals surface area contributed by atoms with Gasteiger partial charge in [0.2, 0.25) is 0 Å². The second-order valence-corrected chi connectivity index (χ2v) is 8.72. The molecule has 1 fully saturated rings. The van der Waals surface area contributed by atoms with Crippen molar-refractivity contribution in [2.75, 3.05) is 33.7 Å². The largest absolute Gasteiger partial charge is 0.309 e. The Morgan fingerprint density at radius 3 is 2.58 bits per heavy atom. The van der Waals surface area contributed by atoms with Crippen LogP contribution >= 0.6 is 0 Å². The number of nitrogens with one attached hydrogen (secondary N) is 1. The van der Waals surface area contributed by atoms with Crippen LogP contribution in [0.1, 0.15) is 31.2 Å². The zero-order valence-electron chi connectivity index (χ0n) is 14.6. The molecule has 1 aromatic rings.